The molecule has 3 aromatic carbocycles. The topological polar surface area (TPSA) is 24.8 Å². The Labute approximate surface area is 182 Å². The van der Waals surface area contributed by atoms with Crippen LogP contribution in [-0.4, -0.2) is 10.7 Å². The van der Waals surface area contributed by atoms with Gasteiger partial charge in [-0.3, -0.25) is 0 Å². The molecule has 3 aromatic rings. The molecule has 0 aliphatic carbocycles. The molecule has 2 aliphatic heterocycles. The predicted octanol–water partition coefficient (Wildman–Crippen LogP) is 7.03. The lowest BCUT2D eigenvalue weighted by molar-refractivity contribution is -0.0189. The number of fused-ring (bicyclic) bond motifs is 3. The highest BCUT2D eigenvalue weighted by molar-refractivity contribution is 6.35. The molecule has 29 heavy (non-hydrogen) atoms. The van der Waals surface area contributed by atoms with Gasteiger partial charge in [-0.15, -0.1) is 0 Å². The maximum Gasteiger partial charge on any atom is 0.213 e. The van der Waals surface area contributed by atoms with Gasteiger partial charge in [0, 0.05) is 27.6 Å². The molecule has 0 bridgehead atoms. The van der Waals surface area contributed by atoms with Gasteiger partial charge in [-0.1, -0.05) is 59.1 Å². The molecule has 2 unspecified atom stereocenters. The SMILES string of the molecule is Fc1ccc(C2Oc3c(Cl)cc(Cl)cc3C3CC(c4ccc(Cl)cc4)=NN32)cc1. The monoisotopic (exact) mass is 446 g/mol. The maximum atomic E-state index is 13.5. The van der Waals surface area contributed by atoms with Crippen LogP contribution in [0.15, 0.2) is 65.8 Å². The largest absolute Gasteiger partial charge is 0.463 e. The van der Waals surface area contributed by atoms with Crippen molar-refractivity contribution in [2.24, 2.45) is 5.10 Å². The fraction of sp³-hybridized carbons (Fsp3) is 0.136. The Bertz CT molecular complexity index is 1120. The van der Waals surface area contributed by atoms with E-state index in [4.69, 9.17) is 44.6 Å². The van der Waals surface area contributed by atoms with E-state index in [1.807, 2.05) is 35.3 Å². The molecular formula is C22H14Cl3FN2O. The van der Waals surface area contributed by atoms with Crippen LogP contribution in [0, 0.1) is 5.82 Å². The van der Waals surface area contributed by atoms with Gasteiger partial charge in [-0.2, -0.15) is 5.10 Å². The lowest BCUT2D eigenvalue weighted by Gasteiger charge is -2.38. The van der Waals surface area contributed by atoms with Crippen LogP contribution in [0.2, 0.25) is 15.1 Å². The van der Waals surface area contributed by atoms with Crippen molar-refractivity contribution in [3.05, 3.63) is 98.2 Å². The van der Waals surface area contributed by atoms with E-state index in [0.717, 1.165) is 22.4 Å². The zero-order chi connectivity index (χ0) is 20.1. The summed E-state index contributed by atoms with van der Waals surface area (Å²) >= 11 is 18.7. The van der Waals surface area contributed by atoms with Gasteiger partial charge in [0.2, 0.25) is 6.23 Å². The lowest BCUT2D eigenvalue weighted by atomic mass is 9.96. The van der Waals surface area contributed by atoms with Crippen LogP contribution in [0.5, 0.6) is 5.75 Å². The standard InChI is InChI=1S/C22H14Cl3FN2O/c23-14-5-1-12(2-6-14)19-11-20-17-9-15(24)10-18(25)21(17)29-22(28(20)27-19)13-3-7-16(26)8-4-13/h1-10,20,22H,11H2. The number of nitrogens with zero attached hydrogens (tertiary/aromatic N) is 2. The average Bonchev–Trinajstić information content (AvgIpc) is 3.14. The fourth-order valence-corrected chi connectivity index (χ4v) is 4.46. The number of halogens is 4. The second kappa shape index (κ2) is 7.21. The van der Waals surface area contributed by atoms with Crippen LogP contribution in [0.1, 0.15) is 35.4 Å². The van der Waals surface area contributed by atoms with Crippen molar-refractivity contribution in [1.82, 2.24) is 5.01 Å². The molecule has 2 aliphatic rings. The minimum atomic E-state index is -0.531. The van der Waals surface area contributed by atoms with E-state index in [1.54, 1.807) is 18.2 Å². The molecule has 5 rings (SSSR count). The molecule has 3 nitrogen and oxygen atoms in total. The third-order valence-electron chi connectivity index (χ3n) is 5.14. The highest BCUT2D eigenvalue weighted by Crippen LogP contribution is 2.50. The summed E-state index contributed by atoms with van der Waals surface area (Å²) in [6.07, 6.45) is 0.128. The second-order valence-electron chi connectivity index (χ2n) is 6.98. The van der Waals surface area contributed by atoms with Crippen LogP contribution in [-0.2, 0) is 0 Å². The molecular weight excluding hydrogens is 434 g/mol. The summed E-state index contributed by atoms with van der Waals surface area (Å²) in [6.45, 7) is 0. The molecule has 0 saturated heterocycles. The van der Waals surface area contributed by atoms with Crippen LogP contribution in [0.4, 0.5) is 4.39 Å². The Morgan fingerprint density at radius 3 is 2.38 bits per heavy atom. The quantitative estimate of drug-likeness (QED) is 0.421. The second-order valence-corrected chi connectivity index (χ2v) is 8.26. The van der Waals surface area contributed by atoms with E-state index >= 15 is 0 Å². The molecule has 0 radical (unpaired) electrons. The van der Waals surface area contributed by atoms with Gasteiger partial charge in [-0.05, 0) is 42.0 Å². The smallest absolute Gasteiger partial charge is 0.213 e. The van der Waals surface area contributed by atoms with E-state index in [2.05, 4.69) is 0 Å². The van der Waals surface area contributed by atoms with Crippen molar-refractivity contribution >= 4 is 40.5 Å². The normalized spacial score (nSPS) is 20.0. The first-order chi connectivity index (χ1) is 14.0. The van der Waals surface area contributed by atoms with E-state index < -0.39 is 6.23 Å². The van der Waals surface area contributed by atoms with Gasteiger partial charge in [0.15, 0.2) is 0 Å². The molecule has 0 saturated carbocycles. The maximum absolute atomic E-state index is 13.5. The van der Waals surface area contributed by atoms with Gasteiger partial charge in [0.1, 0.15) is 11.6 Å². The van der Waals surface area contributed by atoms with Crippen LogP contribution in [0.25, 0.3) is 0 Å². The van der Waals surface area contributed by atoms with Gasteiger partial charge in [0.25, 0.3) is 0 Å². The van der Waals surface area contributed by atoms with Gasteiger partial charge in [-0.25, -0.2) is 9.40 Å². The van der Waals surface area contributed by atoms with E-state index in [-0.39, 0.29) is 11.9 Å². The number of hydrogen-bond donors (Lipinski definition) is 0. The highest BCUT2D eigenvalue weighted by atomic mass is 35.5. The van der Waals surface area contributed by atoms with Gasteiger partial charge >= 0.3 is 0 Å². The van der Waals surface area contributed by atoms with Crippen LogP contribution >= 0.6 is 34.8 Å². The third-order valence-corrected chi connectivity index (χ3v) is 5.89. The van der Waals surface area contributed by atoms with E-state index in [0.29, 0.717) is 27.2 Å². The summed E-state index contributed by atoms with van der Waals surface area (Å²) in [5.41, 5.74) is 3.56. The molecule has 0 N–H and O–H groups in total. The number of benzene rings is 3. The first kappa shape index (κ1) is 18.7. The third kappa shape index (κ3) is 3.35. The molecule has 146 valence electrons. The predicted molar refractivity (Wildman–Crippen MR) is 113 cm³/mol. The molecule has 2 heterocycles. The van der Waals surface area contributed by atoms with Crippen LogP contribution < -0.4 is 4.74 Å². The zero-order valence-electron chi connectivity index (χ0n) is 14.9. The minimum Gasteiger partial charge on any atom is -0.463 e. The summed E-state index contributed by atoms with van der Waals surface area (Å²) < 4.78 is 19.7. The summed E-state index contributed by atoms with van der Waals surface area (Å²) in [7, 11) is 0. The van der Waals surface area contributed by atoms with Crippen molar-refractivity contribution in [3.63, 3.8) is 0 Å². The average molecular weight is 448 g/mol. The molecule has 7 heteroatoms. The van der Waals surface area contributed by atoms with Crippen molar-refractivity contribution in [1.29, 1.82) is 0 Å². The zero-order valence-corrected chi connectivity index (χ0v) is 17.2. The Morgan fingerprint density at radius 2 is 1.66 bits per heavy atom. The number of hydrazone groups is 1. The number of hydrogen-bond acceptors (Lipinski definition) is 3. The van der Waals surface area contributed by atoms with Crippen molar-refractivity contribution in [2.45, 2.75) is 18.7 Å². The summed E-state index contributed by atoms with van der Waals surface area (Å²) in [4.78, 5) is 0. The number of ether oxygens (including phenoxy) is 1. The Balaban J connectivity index is 1.62. The minimum absolute atomic E-state index is 0.101. The lowest BCUT2D eigenvalue weighted by Crippen LogP contribution is -2.33. The van der Waals surface area contributed by atoms with Crippen molar-refractivity contribution in [2.75, 3.05) is 0 Å². The molecule has 0 amide bonds. The molecule has 0 aromatic heterocycles. The van der Waals surface area contributed by atoms with Gasteiger partial charge in [0.05, 0.1) is 16.8 Å². The van der Waals surface area contributed by atoms with Crippen LogP contribution in [0.3, 0.4) is 0 Å². The highest BCUT2D eigenvalue weighted by Gasteiger charge is 2.42. The summed E-state index contributed by atoms with van der Waals surface area (Å²) in [5.74, 6) is 0.275. The first-order valence-electron chi connectivity index (χ1n) is 9.02. The Hall–Kier alpha value is -2.27. The van der Waals surface area contributed by atoms with Gasteiger partial charge < -0.3 is 4.74 Å². The molecule has 2 atom stereocenters. The first-order valence-corrected chi connectivity index (χ1v) is 10.2. The van der Waals surface area contributed by atoms with Crippen molar-refractivity contribution < 1.29 is 9.13 Å². The Kier molecular flexibility index (Phi) is 4.66. The van der Waals surface area contributed by atoms with E-state index in [9.17, 15) is 4.39 Å². The molecule has 0 spiro atoms. The summed E-state index contributed by atoms with van der Waals surface area (Å²) in [5, 5.41) is 8.40. The molecule has 0 fully saturated rings. The summed E-state index contributed by atoms with van der Waals surface area (Å²) in [6, 6.07) is 17.2. The fourth-order valence-electron chi connectivity index (χ4n) is 3.78. The Morgan fingerprint density at radius 1 is 0.931 bits per heavy atom. The van der Waals surface area contributed by atoms with Crippen molar-refractivity contribution in [3.8, 4) is 5.75 Å². The van der Waals surface area contributed by atoms with E-state index in [1.165, 1.54) is 12.1 Å². The number of rotatable bonds is 2.